The highest BCUT2D eigenvalue weighted by Gasteiger charge is 2.15. The highest BCUT2D eigenvalue weighted by atomic mass is 79.9. The van der Waals surface area contributed by atoms with E-state index in [9.17, 15) is 4.79 Å². The predicted molar refractivity (Wildman–Crippen MR) is 106 cm³/mol. The maximum atomic E-state index is 12.5. The second-order valence-electron chi connectivity index (χ2n) is 6.28. The van der Waals surface area contributed by atoms with Crippen molar-refractivity contribution in [2.75, 3.05) is 5.75 Å². The van der Waals surface area contributed by atoms with E-state index in [-0.39, 0.29) is 5.78 Å². The molecule has 0 spiro atoms. The molecule has 1 heterocycles. The average molecular weight is 429 g/mol. The van der Waals surface area contributed by atoms with Crippen LogP contribution in [0.4, 0.5) is 0 Å². The summed E-state index contributed by atoms with van der Waals surface area (Å²) in [6.45, 7) is 0. The first kappa shape index (κ1) is 17.5. The number of thioether (sulfide) groups is 1. The zero-order valence-electron chi connectivity index (χ0n) is 14.1. The van der Waals surface area contributed by atoms with Crippen molar-refractivity contribution in [3.05, 3.63) is 63.6 Å². The van der Waals surface area contributed by atoms with E-state index in [2.05, 4.69) is 38.3 Å². The van der Waals surface area contributed by atoms with Gasteiger partial charge in [0.05, 0.1) is 5.75 Å². The van der Waals surface area contributed by atoms with Gasteiger partial charge in [0, 0.05) is 15.6 Å². The Balaban J connectivity index is 1.41. The van der Waals surface area contributed by atoms with Gasteiger partial charge in [-0.15, -0.1) is 10.2 Å². The summed E-state index contributed by atoms with van der Waals surface area (Å²) in [4.78, 5) is 12.5. The fourth-order valence-electron chi connectivity index (χ4n) is 3.09. The minimum absolute atomic E-state index is 0.0896. The van der Waals surface area contributed by atoms with E-state index in [0.29, 0.717) is 16.9 Å². The molecule has 0 saturated carbocycles. The average Bonchev–Trinajstić information content (AvgIpc) is 3.15. The summed E-state index contributed by atoms with van der Waals surface area (Å²) in [5, 5.41) is 8.50. The van der Waals surface area contributed by atoms with Crippen LogP contribution in [0.1, 0.15) is 34.3 Å². The minimum Gasteiger partial charge on any atom is -0.411 e. The third-order valence-corrected chi connectivity index (χ3v) is 5.84. The number of aromatic nitrogens is 2. The van der Waals surface area contributed by atoms with Crippen LogP contribution in [0, 0.1) is 0 Å². The number of fused-ring (bicyclic) bond motifs is 1. The third-order valence-electron chi connectivity index (χ3n) is 4.49. The third kappa shape index (κ3) is 3.91. The lowest BCUT2D eigenvalue weighted by Crippen LogP contribution is -2.07. The van der Waals surface area contributed by atoms with E-state index in [1.165, 1.54) is 35.7 Å². The zero-order valence-corrected chi connectivity index (χ0v) is 16.5. The van der Waals surface area contributed by atoms with Gasteiger partial charge >= 0.3 is 0 Å². The summed E-state index contributed by atoms with van der Waals surface area (Å²) in [7, 11) is 0. The van der Waals surface area contributed by atoms with Crippen LogP contribution >= 0.6 is 27.7 Å². The number of hydrogen-bond acceptors (Lipinski definition) is 5. The summed E-state index contributed by atoms with van der Waals surface area (Å²) < 4.78 is 6.65. The molecule has 0 atom stereocenters. The molecule has 6 heteroatoms. The SMILES string of the molecule is O=C(CSc1nnc(-c2ccc(Br)cc2)o1)c1ccc2c(c1)CCCC2. The van der Waals surface area contributed by atoms with Crippen molar-refractivity contribution in [2.24, 2.45) is 0 Å². The first-order chi connectivity index (χ1) is 12.7. The number of aryl methyl sites for hydroxylation is 2. The van der Waals surface area contributed by atoms with Gasteiger partial charge in [0.2, 0.25) is 5.89 Å². The van der Waals surface area contributed by atoms with E-state index >= 15 is 0 Å². The molecular weight excluding hydrogens is 412 g/mol. The van der Waals surface area contributed by atoms with Crippen molar-refractivity contribution in [3.63, 3.8) is 0 Å². The Labute approximate surface area is 164 Å². The van der Waals surface area contributed by atoms with Gasteiger partial charge < -0.3 is 4.42 Å². The van der Waals surface area contributed by atoms with Crippen molar-refractivity contribution in [3.8, 4) is 11.5 Å². The lowest BCUT2D eigenvalue weighted by atomic mass is 9.90. The fraction of sp³-hybridized carbons (Fsp3) is 0.250. The van der Waals surface area contributed by atoms with Crippen molar-refractivity contribution < 1.29 is 9.21 Å². The van der Waals surface area contributed by atoms with Crippen LogP contribution < -0.4 is 0 Å². The Bertz CT molecular complexity index is 937. The summed E-state index contributed by atoms with van der Waals surface area (Å²) >= 11 is 4.68. The number of carbonyl (C=O) groups is 1. The van der Waals surface area contributed by atoms with Crippen molar-refractivity contribution in [1.29, 1.82) is 0 Å². The monoisotopic (exact) mass is 428 g/mol. The minimum atomic E-state index is 0.0896. The standard InChI is InChI=1S/C20H17BrN2O2S/c21-17-9-7-14(8-10-17)19-22-23-20(25-19)26-12-18(24)16-6-5-13-3-1-2-4-15(13)11-16/h5-11H,1-4,12H2. The molecule has 0 N–H and O–H groups in total. The lowest BCUT2D eigenvalue weighted by molar-refractivity contribution is 0.102. The Morgan fingerprint density at radius 3 is 2.62 bits per heavy atom. The van der Waals surface area contributed by atoms with Crippen LogP contribution in [-0.2, 0) is 12.8 Å². The number of rotatable bonds is 5. The van der Waals surface area contributed by atoms with Crippen LogP contribution in [0.25, 0.3) is 11.5 Å². The van der Waals surface area contributed by atoms with Gasteiger partial charge in [-0.1, -0.05) is 39.8 Å². The molecule has 0 radical (unpaired) electrons. The number of benzene rings is 2. The Kier molecular flexibility index (Phi) is 5.22. The predicted octanol–water partition coefficient (Wildman–Crippen LogP) is 5.35. The molecule has 4 nitrogen and oxygen atoms in total. The van der Waals surface area contributed by atoms with E-state index in [4.69, 9.17) is 4.42 Å². The van der Waals surface area contributed by atoms with Gasteiger partial charge in [0.15, 0.2) is 5.78 Å². The van der Waals surface area contributed by atoms with Gasteiger partial charge in [-0.05, 0) is 67.1 Å². The largest absolute Gasteiger partial charge is 0.411 e. The van der Waals surface area contributed by atoms with Gasteiger partial charge in [0.25, 0.3) is 5.22 Å². The maximum Gasteiger partial charge on any atom is 0.277 e. The number of hydrogen-bond donors (Lipinski definition) is 0. The van der Waals surface area contributed by atoms with Gasteiger partial charge in [-0.25, -0.2) is 0 Å². The van der Waals surface area contributed by atoms with Crippen LogP contribution in [0.2, 0.25) is 0 Å². The summed E-state index contributed by atoms with van der Waals surface area (Å²) in [6, 6.07) is 13.8. The molecule has 4 rings (SSSR count). The first-order valence-electron chi connectivity index (χ1n) is 8.56. The second-order valence-corrected chi connectivity index (χ2v) is 8.12. The smallest absolute Gasteiger partial charge is 0.277 e. The molecule has 0 fully saturated rings. The Morgan fingerprint density at radius 2 is 1.81 bits per heavy atom. The maximum absolute atomic E-state index is 12.5. The number of nitrogens with zero attached hydrogens (tertiary/aromatic N) is 2. The number of Topliss-reactive ketones (excluding diaryl/α,β-unsaturated/α-hetero) is 1. The lowest BCUT2D eigenvalue weighted by Gasteiger charge is -2.16. The normalized spacial score (nSPS) is 13.4. The molecule has 1 aliphatic carbocycles. The fourth-order valence-corrected chi connectivity index (χ4v) is 4.02. The molecule has 0 bridgehead atoms. The summed E-state index contributed by atoms with van der Waals surface area (Å²) in [5.74, 6) is 0.841. The topological polar surface area (TPSA) is 56.0 Å². The number of ketones is 1. The first-order valence-corrected chi connectivity index (χ1v) is 10.3. The molecule has 0 unspecified atom stereocenters. The van der Waals surface area contributed by atoms with E-state index < -0.39 is 0 Å². The van der Waals surface area contributed by atoms with Crippen LogP contribution in [-0.4, -0.2) is 21.7 Å². The molecule has 26 heavy (non-hydrogen) atoms. The van der Waals surface area contributed by atoms with Crippen LogP contribution in [0.15, 0.2) is 56.6 Å². The molecule has 0 saturated heterocycles. The van der Waals surface area contributed by atoms with Crippen molar-refractivity contribution in [1.82, 2.24) is 10.2 Å². The van der Waals surface area contributed by atoms with Crippen LogP contribution in [0.3, 0.4) is 0 Å². The van der Waals surface area contributed by atoms with E-state index in [1.807, 2.05) is 30.3 Å². The Morgan fingerprint density at radius 1 is 1.04 bits per heavy atom. The Hall–Kier alpha value is -1.92. The van der Waals surface area contributed by atoms with Crippen LogP contribution in [0.5, 0.6) is 0 Å². The molecule has 0 aliphatic heterocycles. The van der Waals surface area contributed by atoms with E-state index in [0.717, 1.165) is 28.4 Å². The highest BCUT2D eigenvalue weighted by Crippen LogP contribution is 2.26. The van der Waals surface area contributed by atoms with Gasteiger partial charge in [0.1, 0.15) is 0 Å². The molecule has 1 aromatic heterocycles. The highest BCUT2D eigenvalue weighted by molar-refractivity contribution is 9.10. The molecule has 0 amide bonds. The number of halogens is 1. The molecule has 132 valence electrons. The van der Waals surface area contributed by atoms with E-state index in [1.54, 1.807) is 0 Å². The quantitative estimate of drug-likeness (QED) is 0.404. The molecule has 2 aromatic carbocycles. The molecular formula is C20H17BrN2O2S. The summed E-state index contributed by atoms with van der Waals surface area (Å²) in [6.07, 6.45) is 4.65. The molecule has 3 aromatic rings. The van der Waals surface area contributed by atoms with Gasteiger partial charge in [-0.3, -0.25) is 4.79 Å². The zero-order chi connectivity index (χ0) is 17.9. The van der Waals surface area contributed by atoms with Crippen molar-refractivity contribution in [2.45, 2.75) is 30.9 Å². The van der Waals surface area contributed by atoms with Crippen molar-refractivity contribution >= 4 is 33.5 Å². The van der Waals surface area contributed by atoms with Gasteiger partial charge in [-0.2, -0.15) is 0 Å². The second kappa shape index (κ2) is 7.76. The molecule has 1 aliphatic rings. The number of carbonyl (C=O) groups excluding carboxylic acids is 1. The summed E-state index contributed by atoms with van der Waals surface area (Å²) in [5.41, 5.74) is 4.33.